The van der Waals surface area contributed by atoms with Gasteiger partial charge in [0.1, 0.15) is 0 Å². The van der Waals surface area contributed by atoms with Crippen molar-refractivity contribution in [3.63, 3.8) is 0 Å². The summed E-state index contributed by atoms with van der Waals surface area (Å²) in [6.45, 7) is 3.82. The Labute approximate surface area is 156 Å². The molecule has 1 heterocycles. The maximum absolute atomic E-state index is 12.7. The summed E-state index contributed by atoms with van der Waals surface area (Å²) in [5.41, 5.74) is 1.80. The second-order valence-electron chi connectivity index (χ2n) is 6.52. The van der Waals surface area contributed by atoms with Gasteiger partial charge in [0.05, 0.1) is 0 Å². The van der Waals surface area contributed by atoms with Crippen LogP contribution in [0.15, 0.2) is 53.0 Å². The van der Waals surface area contributed by atoms with E-state index in [2.05, 4.69) is 28.2 Å². The van der Waals surface area contributed by atoms with E-state index in [4.69, 9.17) is 0 Å². The average Bonchev–Trinajstić information content (AvgIpc) is 2.62. The predicted octanol–water partition coefficient (Wildman–Crippen LogP) is 4.57. The summed E-state index contributed by atoms with van der Waals surface area (Å²) in [6, 6.07) is 14.3. The fourth-order valence-corrected chi connectivity index (χ4v) is 3.36. The fourth-order valence-electron chi connectivity index (χ4n) is 2.96. The number of anilines is 1. The van der Waals surface area contributed by atoms with Gasteiger partial charge in [-0.1, -0.05) is 35.0 Å². The number of likely N-dealkylation sites (tertiary alicyclic amines) is 1. The van der Waals surface area contributed by atoms with Crippen molar-refractivity contribution in [2.75, 3.05) is 18.4 Å². The molecule has 1 aliphatic heterocycles. The molecule has 0 bridgehead atoms. The SMILES string of the molecule is CC1CCN(C(=O)c2cccc(NC(=O)c3cccc(Br)c3)c2)CC1. The van der Waals surface area contributed by atoms with Gasteiger partial charge < -0.3 is 10.2 Å². The summed E-state index contributed by atoms with van der Waals surface area (Å²) >= 11 is 3.36. The van der Waals surface area contributed by atoms with Crippen molar-refractivity contribution >= 4 is 33.4 Å². The van der Waals surface area contributed by atoms with Gasteiger partial charge in [-0.2, -0.15) is 0 Å². The van der Waals surface area contributed by atoms with Gasteiger partial charge in [0.25, 0.3) is 11.8 Å². The monoisotopic (exact) mass is 400 g/mol. The fraction of sp³-hybridized carbons (Fsp3) is 0.300. The molecule has 1 aliphatic rings. The van der Waals surface area contributed by atoms with E-state index in [9.17, 15) is 9.59 Å². The third-order valence-corrected chi connectivity index (χ3v) is 5.02. The number of hydrogen-bond donors (Lipinski definition) is 1. The number of benzene rings is 2. The minimum absolute atomic E-state index is 0.0328. The van der Waals surface area contributed by atoms with Gasteiger partial charge in [0.2, 0.25) is 0 Å². The quantitative estimate of drug-likeness (QED) is 0.819. The Morgan fingerprint density at radius 3 is 2.44 bits per heavy atom. The highest BCUT2D eigenvalue weighted by atomic mass is 79.9. The topological polar surface area (TPSA) is 49.4 Å². The van der Waals surface area contributed by atoms with Crippen LogP contribution in [0.1, 0.15) is 40.5 Å². The molecular formula is C20H21BrN2O2. The molecule has 0 atom stereocenters. The summed E-state index contributed by atoms with van der Waals surface area (Å²) in [4.78, 5) is 26.9. The minimum atomic E-state index is -0.197. The molecule has 3 rings (SSSR count). The van der Waals surface area contributed by atoms with Crippen LogP contribution in [0, 0.1) is 5.92 Å². The normalized spacial score (nSPS) is 15.0. The molecular weight excluding hydrogens is 380 g/mol. The third kappa shape index (κ3) is 4.48. The lowest BCUT2D eigenvalue weighted by Gasteiger charge is -2.30. The Balaban J connectivity index is 1.71. The molecule has 0 radical (unpaired) electrons. The molecule has 2 aromatic rings. The van der Waals surface area contributed by atoms with E-state index in [1.165, 1.54) is 0 Å². The first-order chi connectivity index (χ1) is 12.0. The molecule has 0 aliphatic carbocycles. The Morgan fingerprint density at radius 2 is 1.72 bits per heavy atom. The average molecular weight is 401 g/mol. The van der Waals surface area contributed by atoms with Gasteiger partial charge in [-0.3, -0.25) is 9.59 Å². The van der Waals surface area contributed by atoms with E-state index in [-0.39, 0.29) is 11.8 Å². The zero-order valence-electron chi connectivity index (χ0n) is 14.2. The molecule has 5 heteroatoms. The Morgan fingerprint density at radius 1 is 1.04 bits per heavy atom. The van der Waals surface area contributed by atoms with Crippen molar-refractivity contribution in [1.82, 2.24) is 4.90 Å². The Bertz CT molecular complexity index is 783. The number of amides is 2. The molecule has 2 aromatic carbocycles. The summed E-state index contributed by atoms with van der Waals surface area (Å²) in [6.07, 6.45) is 2.09. The standard InChI is InChI=1S/C20H21BrN2O2/c1-14-8-10-23(11-9-14)20(25)16-5-3-7-18(13-16)22-19(24)15-4-2-6-17(21)12-15/h2-7,12-14H,8-11H2,1H3,(H,22,24). The molecule has 0 spiro atoms. The van der Waals surface area contributed by atoms with Gasteiger partial charge in [-0.25, -0.2) is 0 Å². The molecule has 25 heavy (non-hydrogen) atoms. The molecule has 4 nitrogen and oxygen atoms in total. The van der Waals surface area contributed by atoms with Crippen molar-refractivity contribution in [3.8, 4) is 0 Å². The first kappa shape index (κ1) is 17.7. The number of carbonyl (C=O) groups is 2. The van der Waals surface area contributed by atoms with Crippen LogP contribution in [-0.2, 0) is 0 Å². The number of rotatable bonds is 3. The van der Waals surface area contributed by atoms with Crippen LogP contribution in [0.4, 0.5) is 5.69 Å². The van der Waals surface area contributed by atoms with E-state index >= 15 is 0 Å². The van der Waals surface area contributed by atoms with Gasteiger partial charge in [0.15, 0.2) is 0 Å². The van der Waals surface area contributed by atoms with Crippen molar-refractivity contribution in [3.05, 3.63) is 64.1 Å². The smallest absolute Gasteiger partial charge is 0.255 e. The Kier molecular flexibility index (Phi) is 5.53. The van der Waals surface area contributed by atoms with Crippen LogP contribution in [-0.4, -0.2) is 29.8 Å². The van der Waals surface area contributed by atoms with Crippen LogP contribution in [0.5, 0.6) is 0 Å². The van der Waals surface area contributed by atoms with Crippen LogP contribution in [0.3, 0.4) is 0 Å². The number of nitrogens with one attached hydrogen (secondary N) is 1. The highest BCUT2D eigenvalue weighted by Crippen LogP contribution is 2.20. The molecule has 1 saturated heterocycles. The van der Waals surface area contributed by atoms with Gasteiger partial charge in [-0.05, 0) is 55.2 Å². The molecule has 0 aromatic heterocycles. The van der Waals surface area contributed by atoms with Crippen molar-refractivity contribution < 1.29 is 9.59 Å². The van der Waals surface area contributed by atoms with Crippen molar-refractivity contribution in [2.45, 2.75) is 19.8 Å². The summed E-state index contributed by atoms with van der Waals surface area (Å²) in [5.74, 6) is 0.517. The minimum Gasteiger partial charge on any atom is -0.339 e. The zero-order valence-corrected chi connectivity index (χ0v) is 15.8. The Hall–Kier alpha value is -2.14. The number of nitrogens with zero attached hydrogens (tertiary/aromatic N) is 1. The van der Waals surface area contributed by atoms with Crippen LogP contribution >= 0.6 is 15.9 Å². The lowest BCUT2D eigenvalue weighted by molar-refractivity contribution is 0.0697. The molecule has 1 fully saturated rings. The van der Waals surface area contributed by atoms with Gasteiger partial charge in [0, 0.05) is 34.4 Å². The third-order valence-electron chi connectivity index (χ3n) is 4.53. The van der Waals surface area contributed by atoms with Crippen molar-refractivity contribution in [1.29, 1.82) is 0 Å². The molecule has 1 N–H and O–H groups in total. The van der Waals surface area contributed by atoms with Crippen LogP contribution < -0.4 is 5.32 Å². The summed E-state index contributed by atoms with van der Waals surface area (Å²) < 4.78 is 0.850. The van der Waals surface area contributed by atoms with E-state index in [1.807, 2.05) is 17.0 Å². The maximum Gasteiger partial charge on any atom is 0.255 e. The van der Waals surface area contributed by atoms with Crippen LogP contribution in [0.2, 0.25) is 0 Å². The van der Waals surface area contributed by atoms with Crippen molar-refractivity contribution in [2.24, 2.45) is 5.92 Å². The molecule has 130 valence electrons. The molecule has 0 saturated carbocycles. The van der Waals surface area contributed by atoms with Crippen LogP contribution in [0.25, 0.3) is 0 Å². The van der Waals surface area contributed by atoms with E-state index in [0.717, 1.165) is 30.4 Å². The first-order valence-electron chi connectivity index (χ1n) is 8.49. The van der Waals surface area contributed by atoms with E-state index < -0.39 is 0 Å². The number of piperidine rings is 1. The zero-order chi connectivity index (χ0) is 17.8. The molecule has 0 unspecified atom stereocenters. The highest BCUT2D eigenvalue weighted by molar-refractivity contribution is 9.10. The number of halogens is 1. The lowest BCUT2D eigenvalue weighted by atomic mass is 9.98. The largest absolute Gasteiger partial charge is 0.339 e. The number of carbonyl (C=O) groups excluding carboxylic acids is 2. The van der Waals surface area contributed by atoms with E-state index in [0.29, 0.717) is 22.7 Å². The predicted molar refractivity (Wildman–Crippen MR) is 103 cm³/mol. The lowest BCUT2D eigenvalue weighted by Crippen LogP contribution is -2.37. The second-order valence-corrected chi connectivity index (χ2v) is 7.44. The van der Waals surface area contributed by atoms with Gasteiger partial charge in [-0.15, -0.1) is 0 Å². The summed E-state index contributed by atoms with van der Waals surface area (Å²) in [7, 11) is 0. The van der Waals surface area contributed by atoms with E-state index in [1.54, 1.807) is 36.4 Å². The maximum atomic E-state index is 12.7. The second kappa shape index (κ2) is 7.83. The first-order valence-corrected chi connectivity index (χ1v) is 9.28. The highest BCUT2D eigenvalue weighted by Gasteiger charge is 2.21. The number of hydrogen-bond acceptors (Lipinski definition) is 2. The van der Waals surface area contributed by atoms with Gasteiger partial charge >= 0.3 is 0 Å². The summed E-state index contributed by atoms with van der Waals surface area (Å²) in [5, 5.41) is 2.86. The molecule has 2 amide bonds.